The van der Waals surface area contributed by atoms with Crippen molar-refractivity contribution in [3.05, 3.63) is 6.61 Å². The Kier molecular flexibility index (Phi) is 5.99. The van der Waals surface area contributed by atoms with Crippen LogP contribution in [0.1, 0.15) is 26.7 Å². The van der Waals surface area contributed by atoms with Crippen molar-refractivity contribution in [1.82, 2.24) is 0 Å². The molecule has 2 nitrogen and oxygen atoms in total. The fourth-order valence-electron chi connectivity index (χ4n) is 0.522. The molecule has 0 saturated carbocycles. The van der Waals surface area contributed by atoms with E-state index in [0.29, 0.717) is 0 Å². The minimum absolute atomic E-state index is 0.0510. The third-order valence-electron chi connectivity index (χ3n) is 1.01. The van der Waals surface area contributed by atoms with Crippen LogP contribution >= 0.6 is 0 Å². The Labute approximate surface area is 57.2 Å². The van der Waals surface area contributed by atoms with Gasteiger partial charge >= 0.3 is 0 Å². The van der Waals surface area contributed by atoms with E-state index >= 15 is 0 Å². The van der Waals surface area contributed by atoms with Crippen molar-refractivity contribution >= 4 is 0 Å². The third-order valence-corrected chi connectivity index (χ3v) is 1.01. The highest BCUT2D eigenvalue weighted by atomic mass is 16.7. The quantitative estimate of drug-likeness (QED) is 0.531. The average Bonchev–Trinajstić information content (AvgIpc) is 1.91. The molecule has 55 valence electrons. The zero-order valence-electron chi connectivity index (χ0n) is 6.39. The van der Waals surface area contributed by atoms with Gasteiger partial charge in [0.2, 0.25) is 0 Å². The Balaban J connectivity index is 3.09. The van der Waals surface area contributed by atoms with Gasteiger partial charge in [-0.15, -0.1) is 0 Å². The highest BCUT2D eigenvalue weighted by Crippen LogP contribution is 2.01. The highest BCUT2D eigenvalue weighted by molar-refractivity contribution is 4.46. The minimum atomic E-state index is -0.0510. The molecule has 0 bridgehead atoms. The van der Waals surface area contributed by atoms with Crippen molar-refractivity contribution < 1.29 is 9.47 Å². The van der Waals surface area contributed by atoms with Gasteiger partial charge in [0, 0.05) is 7.11 Å². The van der Waals surface area contributed by atoms with Gasteiger partial charge in [-0.05, 0) is 12.8 Å². The van der Waals surface area contributed by atoms with Gasteiger partial charge in [0.1, 0.15) is 0 Å². The largest absolute Gasteiger partial charge is 0.356 e. The monoisotopic (exact) mass is 131 g/mol. The second-order valence-electron chi connectivity index (χ2n) is 1.78. The zero-order chi connectivity index (χ0) is 7.11. The van der Waals surface area contributed by atoms with Crippen LogP contribution in [0.3, 0.4) is 0 Å². The van der Waals surface area contributed by atoms with Gasteiger partial charge < -0.3 is 9.47 Å². The number of hydrogen-bond acceptors (Lipinski definition) is 2. The summed E-state index contributed by atoms with van der Waals surface area (Å²) < 4.78 is 10.1. The highest BCUT2D eigenvalue weighted by Gasteiger charge is 2.00. The van der Waals surface area contributed by atoms with E-state index < -0.39 is 0 Å². The SMILES string of the molecule is CC[CH]OC(CC)OC. The van der Waals surface area contributed by atoms with Gasteiger partial charge in [-0.1, -0.05) is 13.8 Å². The molecule has 0 aromatic carbocycles. The summed E-state index contributed by atoms with van der Waals surface area (Å²) in [6.45, 7) is 5.82. The normalized spacial score (nSPS) is 13.7. The van der Waals surface area contributed by atoms with Crippen LogP contribution < -0.4 is 0 Å². The van der Waals surface area contributed by atoms with Crippen molar-refractivity contribution in [2.75, 3.05) is 7.11 Å². The molecule has 0 aliphatic rings. The molecule has 0 aliphatic carbocycles. The van der Waals surface area contributed by atoms with Gasteiger partial charge in [0.05, 0.1) is 6.61 Å². The lowest BCUT2D eigenvalue weighted by Crippen LogP contribution is -2.11. The minimum Gasteiger partial charge on any atom is -0.356 e. The maximum Gasteiger partial charge on any atom is 0.157 e. The molecule has 0 amide bonds. The number of ether oxygens (including phenoxy) is 2. The summed E-state index contributed by atoms with van der Waals surface area (Å²) in [6.07, 6.45) is 1.78. The molecule has 1 radical (unpaired) electrons. The smallest absolute Gasteiger partial charge is 0.157 e. The van der Waals surface area contributed by atoms with E-state index in [1.807, 2.05) is 13.8 Å². The maximum atomic E-state index is 5.14. The van der Waals surface area contributed by atoms with Gasteiger partial charge in [-0.2, -0.15) is 0 Å². The molecule has 0 saturated heterocycles. The molecule has 2 heteroatoms. The van der Waals surface area contributed by atoms with E-state index in [0.717, 1.165) is 12.8 Å². The standard InChI is InChI=1S/C7H15O2/c1-4-6-9-7(5-2)8-3/h6-7H,4-5H2,1-3H3. The van der Waals surface area contributed by atoms with Crippen LogP contribution in [0.5, 0.6) is 0 Å². The van der Waals surface area contributed by atoms with Crippen molar-refractivity contribution in [2.24, 2.45) is 0 Å². The second kappa shape index (κ2) is 6.05. The molecule has 1 atom stereocenters. The Morgan fingerprint density at radius 1 is 1.44 bits per heavy atom. The molecule has 0 N–H and O–H groups in total. The average molecular weight is 131 g/mol. The first-order valence-corrected chi connectivity index (χ1v) is 3.35. The number of hydrogen-bond donors (Lipinski definition) is 0. The molecule has 0 aliphatic heterocycles. The molecular weight excluding hydrogens is 116 g/mol. The summed E-state index contributed by atoms with van der Waals surface area (Å²) in [4.78, 5) is 0. The van der Waals surface area contributed by atoms with Crippen LogP contribution in [0.2, 0.25) is 0 Å². The summed E-state index contributed by atoms with van der Waals surface area (Å²) in [6, 6.07) is 0. The number of rotatable bonds is 5. The predicted molar refractivity (Wildman–Crippen MR) is 36.8 cm³/mol. The lowest BCUT2D eigenvalue weighted by Gasteiger charge is -2.11. The Hall–Kier alpha value is -0.0800. The number of methoxy groups -OCH3 is 1. The summed E-state index contributed by atoms with van der Waals surface area (Å²) in [7, 11) is 1.65. The Morgan fingerprint density at radius 3 is 2.44 bits per heavy atom. The van der Waals surface area contributed by atoms with Crippen LogP contribution in [0.4, 0.5) is 0 Å². The summed E-state index contributed by atoms with van der Waals surface area (Å²) >= 11 is 0. The summed E-state index contributed by atoms with van der Waals surface area (Å²) in [5, 5.41) is 0. The van der Waals surface area contributed by atoms with Crippen molar-refractivity contribution in [3.8, 4) is 0 Å². The van der Waals surface area contributed by atoms with Crippen LogP contribution in [0.15, 0.2) is 0 Å². The van der Waals surface area contributed by atoms with Crippen molar-refractivity contribution in [3.63, 3.8) is 0 Å². The molecular formula is C7H15O2. The van der Waals surface area contributed by atoms with Crippen molar-refractivity contribution in [1.29, 1.82) is 0 Å². The Morgan fingerprint density at radius 2 is 2.11 bits per heavy atom. The van der Waals surface area contributed by atoms with Gasteiger partial charge in [-0.3, -0.25) is 0 Å². The molecule has 0 heterocycles. The molecule has 0 aromatic rings. The molecule has 0 spiro atoms. The van der Waals surface area contributed by atoms with Crippen LogP contribution in [-0.2, 0) is 9.47 Å². The topological polar surface area (TPSA) is 18.5 Å². The first kappa shape index (κ1) is 8.92. The fourth-order valence-corrected chi connectivity index (χ4v) is 0.522. The summed E-state index contributed by atoms with van der Waals surface area (Å²) in [5.74, 6) is 0. The second-order valence-corrected chi connectivity index (χ2v) is 1.78. The van der Waals surface area contributed by atoms with Crippen LogP contribution in [0, 0.1) is 6.61 Å². The molecule has 9 heavy (non-hydrogen) atoms. The van der Waals surface area contributed by atoms with E-state index in [9.17, 15) is 0 Å². The van der Waals surface area contributed by atoms with Gasteiger partial charge in [0.15, 0.2) is 6.29 Å². The molecule has 0 aromatic heterocycles. The molecule has 0 fully saturated rings. The van der Waals surface area contributed by atoms with Gasteiger partial charge in [0.25, 0.3) is 0 Å². The lowest BCUT2D eigenvalue weighted by atomic mass is 10.4. The first-order valence-electron chi connectivity index (χ1n) is 3.35. The lowest BCUT2D eigenvalue weighted by molar-refractivity contribution is -0.101. The fraction of sp³-hybridized carbons (Fsp3) is 0.857. The van der Waals surface area contributed by atoms with E-state index in [-0.39, 0.29) is 6.29 Å². The predicted octanol–water partition coefficient (Wildman–Crippen LogP) is 1.96. The summed E-state index contributed by atoms with van der Waals surface area (Å²) in [5.41, 5.74) is 0. The van der Waals surface area contributed by atoms with E-state index in [2.05, 4.69) is 0 Å². The van der Waals surface area contributed by atoms with E-state index in [4.69, 9.17) is 9.47 Å². The molecule has 1 unspecified atom stereocenters. The van der Waals surface area contributed by atoms with Crippen molar-refractivity contribution in [2.45, 2.75) is 33.0 Å². The maximum absolute atomic E-state index is 5.14. The van der Waals surface area contributed by atoms with Gasteiger partial charge in [-0.25, -0.2) is 0 Å². The zero-order valence-corrected chi connectivity index (χ0v) is 6.39. The Bertz CT molecular complexity index is 50.9. The van der Waals surface area contributed by atoms with E-state index in [1.54, 1.807) is 13.7 Å². The molecule has 0 rings (SSSR count). The van der Waals surface area contributed by atoms with E-state index in [1.165, 1.54) is 0 Å². The van der Waals surface area contributed by atoms with Crippen LogP contribution in [-0.4, -0.2) is 13.4 Å². The van der Waals surface area contributed by atoms with Crippen LogP contribution in [0.25, 0.3) is 0 Å². The third kappa shape index (κ3) is 4.43. The first-order chi connectivity index (χ1) is 4.35.